The first-order valence-electron chi connectivity index (χ1n) is 12.6. The molecule has 0 saturated carbocycles. The molecule has 188 valence electrons. The Morgan fingerprint density at radius 3 is 3.00 bits per heavy atom. The number of carbonyl (C=O) groups is 1. The van der Waals surface area contributed by atoms with Gasteiger partial charge in [-0.25, -0.2) is 9.97 Å². The summed E-state index contributed by atoms with van der Waals surface area (Å²) in [6.45, 7) is 4.44. The molecule has 0 radical (unpaired) electrons. The second-order valence-corrected chi connectivity index (χ2v) is 9.99. The lowest BCUT2D eigenvalue weighted by Gasteiger charge is -2.37. The molecular formula is C27H28N8O2. The van der Waals surface area contributed by atoms with Gasteiger partial charge in [0.05, 0.1) is 53.8 Å². The summed E-state index contributed by atoms with van der Waals surface area (Å²) in [6.07, 6.45) is 5.52. The second kappa shape index (κ2) is 8.53. The van der Waals surface area contributed by atoms with E-state index in [1.54, 1.807) is 12.4 Å². The van der Waals surface area contributed by atoms with Crippen molar-refractivity contribution in [3.63, 3.8) is 0 Å². The van der Waals surface area contributed by atoms with Gasteiger partial charge in [0.2, 0.25) is 0 Å². The number of anilines is 3. The zero-order chi connectivity index (χ0) is 25.1. The number of nitrogens with one attached hydrogen (secondary N) is 2. The number of fused-ring (bicyclic) bond motifs is 5. The molecule has 10 nitrogen and oxygen atoms in total. The van der Waals surface area contributed by atoms with Crippen molar-refractivity contribution in [3.05, 3.63) is 59.7 Å². The molecule has 3 aliphatic rings. The second-order valence-electron chi connectivity index (χ2n) is 9.99. The maximum Gasteiger partial charge on any atom is 0.254 e. The van der Waals surface area contributed by atoms with Gasteiger partial charge in [0.25, 0.3) is 5.91 Å². The molecule has 7 rings (SSSR count). The zero-order valence-corrected chi connectivity index (χ0v) is 20.9. The molecule has 1 atom stereocenters. The molecule has 37 heavy (non-hydrogen) atoms. The summed E-state index contributed by atoms with van der Waals surface area (Å²) in [6, 6.07) is 8.45. The number of aromatic nitrogens is 4. The van der Waals surface area contributed by atoms with E-state index in [1.807, 2.05) is 36.0 Å². The number of hydrogen-bond acceptors (Lipinski definition) is 8. The van der Waals surface area contributed by atoms with Gasteiger partial charge in [-0.3, -0.25) is 14.7 Å². The van der Waals surface area contributed by atoms with E-state index in [2.05, 4.69) is 38.5 Å². The molecule has 0 aliphatic carbocycles. The molecule has 3 aliphatic heterocycles. The topological polar surface area (TPSA) is 100 Å². The number of likely N-dealkylation sites (N-methyl/N-ethyl adjacent to an activating group) is 1. The summed E-state index contributed by atoms with van der Waals surface area (Å²) in [5.74, 6) is 0.592. The Morgan fingerprint density at radius 1 is 1.16 bits per heavy atom. The number of rotatable bonds is 3. The van der Waals surface area contributed by atoms with Crippen molar-refractivity contribution in [2.24, 2.45) is 7.05 Å². The van der Waals surface area contributed by atoms with E-state index in [4.69, 9.17) is 14.7 Å². The van der Waals surface area contributed by atoms with Crippen LogP contribution in [0.3, 0.4) is 0 Å². The Balaban J connectivity index is 1.27. The molecule has 0 unspecified atom stereocenters. The number of aryl methyl sites for hydroxylation is 1. The molecule has 1 saturated heterocycles. The molecule has 7 heterocycles. The van der Waals surface area contributed by atoms with Crippen LogP contribution in [0.2, 0.25) is 0 Å². The average Bonchev–Trinajstić information content (AvgIpc) is 3.44. The Bertz CT molecular complexity index is 1550. The van der Waals surface area contributed by atoms with Crippen LogP contribution in [0.1, 0.15) is 21.6 Å². The molecule has 0 aromatic carbocycles. The Labute approximate surface area is 214 Å². The molecule has 0 bridgehead atoms. The molecule has 2 N–H and O–H groups in total. The molecule has 4 aromatic rings. The number of nitrogens with zero attached hydrogens (tertiary/aromatic N) is 6. The third kappa shape index (κ3) is 3.63. The summed E-state index contributed by atoms with van der Waals surface area (Å²) in [7, 11) is 4.09. The van der Waals surface area contributed by atoms with Gasteiger partial charge in [-0.1, -0.05) is 0 Å². The van der Waals surface area contributed by atoms with Crippen LogP contribution in [0.5, 0.6) is 0 Å². The maximum atomic E-state index is 13.0. The highest BCUT2D eigenvalue weighted by Crippen LogP contribution is 2.36. The van der Waals surface area contributed by atoms with E-state index in [1.165, 1.54) is 0 Å². The minimum absolute atomic E-state index is 0.106. The lowest BCUT2D eigenvalue weighted by molar-refractivity contribution is 0.0844. The summed E-state index contributed by atoms with van der Waals surface area (Å²) in [4.78, 5) is 32.0. The first-order chi connectivity index (χ1) is 18.1. The lowest BCUT2D eigenvalue weighted by Crippen LogP contribution is -2.49. The molecule has 0 spiro atoms. The van der Waals surface area contributed by atoms with Crippen molar-refractivity contribution in [2.45, 2.75) is 19.1 Å². The van der Waals surface area contributed by atoms with Crippen LogP contribution in [0.15, 0.2) is 42.9 Å². The van der Waals surface area contributed by atoms with Gasteiger partial charge in [-0.2, -0.15) is 0 Å². The van der Waals surface area contributed by atoms with E-state index in [0.717, 1.165) is 72.1 Å². The van der Waals surface area contributed by atoms with Crippen molar-refractivity contribution < 1.29 is 9.53 Å². The summed E-state index contributed by atoms with van der Waals surface area (Å²) in [5, 5.41) is 7.40. The number of carbonyl (C=O) groups excluding carboxylic acids is 1. The number of amides is 1. The fourth-order valence-electron chi connectivity index (χ4n) is 5.82. The average molecular weight is 497 g/mol. The molecule has 1 fully saturated rings. The molecular weight excluding hydrogens is 468 g/mol. The normalized spacial score (nSPS) is 19.2. The fourth-order valence-corrected chi connectivity index (χ4v) is 5.82. The maximum absolute atomic E-state index is 13.0. The monoisotopic (exact) mass is 496 g/mol. The third-order valence-electron chi connectivity index (χ3n) is 7.55. The smallest absolute Gasteiger partial charge is 0.254 e. The van der Waals surface area contributed by atoms with Crippen LogP contribution < -0.4 is 15.5 Å². The molecule has 1 amide bonds. The van der Waals surface area contributed by atoms with E-state index < -0.39 is 0 Å². The van der Waals surface area contributed by atoms with Crippen molar-refractivity contribution >= 4 is 34.1 Å². The van der Waals surface area contributed by atoms with Crippen molar-refractivity contribution in [1.29, 1.82) is 0 Å². The van der Waals surface area contributed by atoms with Crippen molar-refractivity contribution in [1.82, 2.24) is 29.7 Å². The summed E-state index contributed by atoms with van der Waals surface area (Å²) in [5.41, 5.74) is 6.99. The predicted molar refractivity (Wildman–Crippen MR) is 141 cm³/mol. The van der Waals surface area contributed by atoms with Crippen molar-refractivity contribution in [3.8, 4) is 11.3 Å². The van der Waals surface area contributed by atoms with Gasteiger partial charge in [0.1, 0.15) is 11.5 Å². The highest BCUT2D eigenvalue weighted by Gasteiger charge is 2.31. The van der Waals surface area contributed by atoms with E-state index in [9.17, 15) is 4.79 Å². The Morgan fingerprint density at radius 2 is 2.08 bits per heavy atom. The van der Waals surface area contributed by atoms with E-state index >= 15 is 0 Å². The highest BCUT2D eigenvalue weighted by molar-refractivity contribution is 6.06. The van der Waals surface area contributed by atoms with Crippen LogP contribution in [0, 0.1) is 0 Å². The van der Waals surface area contributed by atoms with Gasteiger partial charge >= 0.3 is 0 Å². The van der Waals surface area contributed by atoms with Gasteiger partial charge in [-0.15, -0.1) is 0 Å². The van der Waals surface area contributed by atoms with Gasteiger partial charge < -0.3 is 24.8 Å². The minimum atomic E-state index is -0.106. The van der Waals surface area contributed by atoms with Crippen LogP contribution in [-0.4, -0.2) is 69.7 Å². The summed E-state index contributed by atoms with van der Waals surface area (Å²) < 4.78 is 7.71. The number of morpholine rings is 1. The van der Waals surface area contributed by atoms with E-state index in [0.29, 0.717) is 29.7 Å². The quantitative estimate of drug-likeness (QED) is 0.447. The number of pyridine rings is 3. The van der Waals surface area contributed by atoms with Crippen LogP contribution in [-0.2, 0) is 24.9 Å². The highest BCUT2D eigenvalue weighted by atomic mass is 16.5. The molecule has 4 aromatic heterocycles. The van der Waals surface area contributed by atoms with E-state index in [-0.39, 0.29) is 5.91 Å². The SMILES string of the molecule is CN1Cc2nc(Nc3cnc(-c4ccnc5c4ccn5C)c4c3C(=O)NC4)ccc2N2CCOC[C@@H]2C1. The predicted octanol–water partition coefficient (Wildman–Crippen LogP) is 2.67. The zero-order valence-electron chi connectivity index (χ0n) is 20.9. The first-order valence-corrected chi connectivity index (χ1v) is 12.6. The van der Waals surface area contributed by atoms with Gasteiger partial charge in [0.15, 0.2) is 0 Å². The molecule has 10 heteroatoms. The first kappa shape index (κ1) is 22.2. The van der Waals surface area contributed by atoms with Crippen molar-refractivity contribution in [2.75, 3.05) is 43.6 Å². The Kier molecular flexibility index (Phi) is 5.12. The van der Waals surface area contributed by atoms with Gasteiger partial charge in [-0.05, 0) is 31.3 Å². The van der Waals surface area contributed by atoms with Gasteiger partial charge in [0, 0.05) is 62.1 Å². The van der Waals surface area contributed by atoms with Crippen LogP contribution in [0.25, 0.3) is 22.3 Å². The van der Waals surface area contributed by atoms with Crippen LogP contribution in [0.4, 0.5) is 17.2 Å². The summed E-state index contributed by atoms with van der Waals surface area (Å²) >= 11 is 0. The van der Waals surface area contributed by atoms with Crippen LogP contribution >= 0.6 is 0 Å². The largest absolute Gasteiger partial charge is 0.377 e. The number of hydrogen-bond donors (Lipinski definition) is 2. The number of ether oxygens (including phenoxy) is 1. The third-order valence-corrected chi connectivity index (χ3v) is 7.55. The standard InChI is InChI=1S/C27H28N8O2/c1-33-13-16-15-37-10-9-35(16)22-3-4-23(32-21(22)14-33)31-20-12-29-25(19-11-30-27(36)24(19)20)17-5-7-28-26-18(17)6-8-34(26)2/h3-8,12,16H,9-11,13-15H2,1-2H3,(H,30,36)(H,31,32)/t16-/m0/s1. The minimum Gasteiger partial charge on any atom is -0.377 e. The Hall–Kier alpha value is -4.02. The lowest BCUT2D eigenvalue weighted by atomic mass is 10.0. The fraction of sp³-hybridized carbons (Fsp3) is 0.333.